The smallest absolute Gasteiger partial charge is 0.221 e. The van der Waals surface area contributed by atoms with Gasteiger partial charge in [0.1, 0.15) is 5.75 Å². The number of rotatable bonds is 8. The van der Waals surface area contributed by atoms with E-state index in [-0.39, 0.29) is 0 Å². The minimum Gasteiger partial charge on any atom is -0.497 e. The van der Waals surface area contributed by atoms with Crippen molar-refractivity contribution < 1.29 is 14.2 Å². The van der Waals surface area contributed by atoms with E-state index in [0.29, 0.717) is 0 Å². The van der Waals surface area contributed by atoms with Crippen LogP contribution in [-0.4, -0.2) is 21.3 Å². The lowest BCUT2D eigenvalue weighted by Crippen LogP contribution is -2.32. The highest BCUT2D eigenvalue weighted by Crippen LogP contribution is 2.73. The van der Waals surface area contributed by atoms with Gasteiger partial charge in [-0.1, -0.05) is 48.5 Å². The van der Waals surface area contributed by atoms with Crippen molar-refractivity contribution in [2.45, 2.75) is 20.5 Å². The molecule has 0 bridgehead atoms. The average molecular weight is 523 g/mol. The van der Waals surface area contributed by atoms with Crippen LogP contribution in [0.1, 0.15) is 11.1 Å². The third kappa shape index (κ3) is 4.34. The van der Waals surface area contributed by atoms with Crippen LogP contribution in [0.4, 0.5) is 0 Å². The Bertz CT molecular complexity index is 1120. The highest BCUT2D eigenvalue weighted by atomic mass is 79.9. The lowest BCUT2D eigenvalue weighted by atomic mass is 9.97. The third-order valence-corrected chi connectivity index (χ3v) is 11.9. The fourth-order valence-corrected chi connectivity index (χ4v) is 8.35. The maximum absolute atomic E-state index is 5.96. The quantitative estimate of drug-likeness (QED) is 0.221. The molecule has 4 aromatic rings. The molecule has 4 aromatic carbocycles. The largest absolute Gasteiger partial charge is 0.497 e. The van der Waals surface area contributed by atoms with Crippen molar-refractivity contribution in [2.24, 2.45) is 0 Å². The van der Waals surface area contributed by atoms with Crippen LogP contribution in [0.25, 0.3) is 0 Å². The van der Waals surface area contributed by atoms with Crippen LogP contribution in [0.3, 0.4) is 0 Å². The van der Waals surface area contributed by atoms with Crippen molar-refractivity contribution in [3.63, 3.8) is 0 Å². The van der Waals surface area contributed by atoms with Gasteiger partial charge in [-0.15, -0.1) is 8.46 Å². The summed E-state index contributed by atoms with van der Waals surface area (Å²) in [5, 5.41) is 0. The minimum absolute atomic E-state index is 0.786. The highest BCUT2D eigenvalue weighted by molar-refractivity contribution is 9.58. The van der Waals surface area contributed by atoms with Gasteiger partial charge in [-0.05, 0) is 75.5 Å². The van der Waals surface area contributed by atoms with E-state index in [1.165, 1.54) is 14.7 Å². The van der Waals surface area contributed by atoms with Crippen molar-refractivity contribution in [3.8, 4) is 5.75 Å². The zero-order valence-corrected chi connectivity index (χ0v) is 21.3. The molecule has 5 heteroatoms. The van der Waals surface area contributed by atoms with Gasteiger partial charge in [0.2, 0.25) is 5.79 Å². The zero-order valence-electron chi connectivity index (χ0n) is 18.9. The Morgan fingerprint density at radius 1 is 0.545 bits per heavy atom. The van der Waals surface area contributed by atoms with Crippen molar-refractivity contribution in [2.75, 3.05) is 21.3 Å². The number of ether oxygens (including phenoxy) is 3. The summed E-state index contributed by atoms with van der Waals surface area (Å²) in [7, 11) is 3.37. The number of benzene rings is 4. The Labute approximate surface area is 204 Å². The van der Waals surface area contributed by atoms with Crippen LogP contribution in [0.15, 0.2) is 124 Å². The summed E-state index contributed by atoms with van der Waals surface area (Å²) in [5.41, 5.74) is 1.81. The van der Waals surface area contributed by atoms with E-state index < -0.39 is 14.2 Å². The summed E-state index contributed by atoms with van der Waals surface area (Å²) in [6, 6.07) is 37.4. The predicted molar refractivity (Wildman–Crippen MR) is 138 cm³/mol. The molecule has 170 valence electrons. The SMILES string of the molecule is COc1ccc(C(OC)(OC)c2ccc(S(Br)(c3ccccc3)c3ccccc3)cc2)cc1. The monoisotopic (exact) mass is 522 g/mol. The van der Waals surface area contributed by atoms with E-state index in [9.17, 15) is 0 Å². The van der Waals surface area contributed by atoms with Crippen molar-refractivity contribution in [3.05, 3.63) is 120 Å². The molecule has 3 nitrogen and oxygen atoms in total. The molecule has 33 heavy (non-hydrogen) atoms. The fourth-order valence-electron chi connectivity index (χ4n) is 4.02. The Kier molecular flexibility index (Phi) is 7.25. The van der Waals surface area contributed by atoms with Crippen molar-refractivity contribution >= 4 is 23.3 Å². The van der Waals surface area contributed by atoms with Crippen LogP contribution >= 0.6 is 23.3 Å². The predicted octanol–water partition coefficient (Wildman–Crippen LogP) is 7.78. The van der Waals surface area contributed by atoms with E-state index in [1.807, 2.05) is 36.4 Å². The second-order valence-electron chi connectivity index (χ2n) is 7.44. The lowest BCUT2D eigenvalue weighted by Gasteiger charge is -2.36. The van der Waals surface area contributed by atoms with E-state index in [2.05, 4.69) is 87.6 Å². The average Bonchev–Trinajstić information content (AvgIpc) is 2.91. The van der Waals surface area contributed by atoms with Crippen molar-refractivity contribution in [1.82, 2.24) is 0 Å². The number of hydrogen-bond donors (Lipinski definition) is 0. The molecular weight excluding hydrogens is 496 g/mol. The Balaban J connectivity index is 1.80. The molecule has 0 aliphatic heterocycles. The molecule has 0 aromatic heterocycles. The van der Waals surface area contributed by atoms with Gasteiger partial charge in [0.15, 0.2) is 0 Å². The van der Waals surface area contributed by atoms with Crippen LogP contribution in [0.2, 0.25) is 0 Å². The Morgan fingerprint density at radius 2 is 0.939 bits per heavy atom. The van der Waals surface area contributed by atoms with Crippen molar-refractivity contribution in [1.29, 1.82) is 0 Å². The molecule has 0 N–H and O–H groups in total. The molecule has 0 atom stereocenters. The number of methoxy groups -OCH3 is 3. The molecule has 0 saturated heterocycles. The first-order valence-corrected chi connectivity index (χ1v) is 14.0. The second kappa shape index (κ2) is 10.1. The van der Waals surface area contributed by atoms with Gasteiger partial charge >= 0.3 is 0 Å². The van der Waals surface area contributed by atoms with Crippen LogP contribution in [0, 0.1) is 0 Å². The molecule has 0 aliphatic rings. The van der Waals surface area contributed by atoms with Gasteiger partial charge in [0.05, 0.1) is 7.11 Å². The topological polar surface area (TPSA) is 27.7 Å². The zero-order chi connectivity index (χ0) is 23.3. The lowest BCUT2D eigenvalue weighted by molar-refractivity contribution is -0.183. The number of hydrogen-bond acceptors (Lipinski definition) is 3. The summed E-state index contributed by atoms with van der Waals surface area (Å²) in [6.45, 7) is 0. The summed E-state index contributed by atoms with van der Waals surface area (Å²) in [4.78, 5) is 3.67. The van der Waals surface area contributed by atoms with Gasteiger partial charge in [0, 0.05) is 40.0 Å². The van der Waals surface area contributed by atoms with Crippen LogP contribution in [-0.2, 0) is 15.3 Å². The maximum Gasteiger partial charge on any atom is 0.221 e. The standard InChI is InChI=1S/C28H27BrO3S/c1-30-24-18-14-22(15-19-24)28(31-2,32-3)23-16-20-27(21-17-23)33(29,25-10-6-4-7-11-25)26-12-8-5-9-13-26/h4-21H,1-3H3. The number of halogens is 1. The molecule has 0 heterocycles. The molecular formula is C28H27BrO3S. The third-order valence-electron chi connectivity index (χ3n) is 5.74. The summed E-state index contributed by atoms with van der Waals surface area (Å²) in [6.07, 6.45) is 0. The maximum atomic E-state index is 5.96. The molecule has 0 saturated carbocycles. The first-order valence-electron chi connectivity index (χ1n) is 10.6. The van der Waals surface area contributed by atoms with E-state index in [1.54, 1.807) is 21.3 Å². The van der Waals surface area contributed by atoms with E-state index >= 15 is 0 Å². The van der Waals surface area contributed by atoms with E-state index in [4.69, 9.17) is 14.2 Å². The fraction of sp³-hybridized carbons (Fsp3) is 0.143. The second-order valence-corrected chi connectivity index (χ2v) is 12.8. The van der Waals surface area contributed by atoms with Crippen LogP contribution in [0.5, 0.6) is 5.75 Å². The molecule has 0 aliphatic carbocycles. The summed E-state index contributed by atoms with van der Waals surface area (Å²) in [5.74, 6) is -0.234. The molecule has 0 amide bonds. The summed E-state index contributed by atoms with van der Waals surface area (Å²) >= 11 is 4.19. The van der Waals surface area contributed by atoms with Gasteiger partial charge in [-0.25, -0.2) is 0 Å². The molecule has 0 spiro atoms. The van der Waals surface area contributed by atoms with Crippen LogP contribution < -0.4 is 4.74 Å². The van der Waals surface area contributed by atoms with E-state index in [0.717, 1.165) is 16.9 Å². The minimum atomic E-state index is -1.61. The summed E-state index contributed by atoms with van der Waals surface area (Å²) < 4.78 is 17.2. The van der Waals surface area contributed by atoms with Gasteiger partial charge in [-0.3, -0.25) is 0 Å². The molecule has 0 fully saturated rings. The van der Waals surface area contributed by atoms with Gasteiger partial charge < -0.3 is 14.2 Å². The normalized spacial score (nSPS) is 12.4. The highest BCUT2D eigenvalue weighted by Gasteiger charge is 2.35. The molecule has 4 rings (SSSR count). The Hall–Kier alpha value is -2.57. The molecule has 0 radical (unpaired) electrons. The van der Waals surface area contributed by atoms with Gasteiger partial charge in [0.25, 0.3) is 0 Å². The Morgan fingerprint density at radius 3 is 1.33 bits per heavy atom. The molecule has 0 unspecified atom stereocenters. The first kappa shape index (κ1) is 23.6. The first-order chi connectivity index (χ1) is 16.1. The van der Waals surface area contributed by atoms with Gasteiger partial charge in [-0.2, -0.15) is 0 Å².